The van der Waals surface area contributed by atoms with Crippen molar-refractivity contribution in [2.24, 2.45) is 11.8 Å². The van der Waals surface area contributed by atoms with E-state index in [1.165, 1.54) is 43.8 Å². The number of esters is 1. The molecule has 2 aliphatic rings. The molecule has 22 heavy (non-hydrogen) atoms. The van der Waals surface area contributed by atoms with Crippen LogP contribution in [0.25, 0.3) is 10.2 Å². The van der Waals surface area contributed by atoms with Crippen molar-refractivity contribution >= 4 is 32.7 Å². The lowest BCUT2D eigenvalue weighted by Crippen LogP contribution is -2.20. The van der Waals surface area contributed by atoms with Crippen LogP contribution < -0.4 is 4.90 Å². The van der Waals surface area contributed by atoms with Gasteiger partial charge in [0.25, 0.3) is 0 Å². The maximum Gasteiger partial charge on any atom is 0.338 e. The first-order chi connectivity index (χ1) is 10.7. The van der Waals surface area contributed by atoms with Gasteiger partial charge in [-0.25, -0.2) is 14.2 Å². The molecule has 2 heterocycles. The summed E-state index contributed by atoms with van der Waals surface area (Å²) in [6, 6.07) is 2.87. The average molecular weight is 320 g/mol. The minimum atomic E-state index is -0.522. The fourth-order valence-corrected chi connectivity index (χ4v) is 4.78. The van der Waals surface area contributed by atoms with Gasteiger partial charge >= 0.3 is 5.97 Å². The van der Waals surface area contributed by atoms with E-state index >= 15 is 0 Å². The standard InChI is InChI=1S/C16H17FN2O2S/c1-21-15(20)11-5-12(17)14-13(6-11)22-16(18-14)19-7-9-3-2-4-10(9)8-19/h5-6,9-10H,2-4,7-8H2,1H3/t9-,10?/m0/s1. The van der Waals surface area contributed by atoms with E-state index in [4.69, 9.17) is 0 Å². The number of rotatable bonds is 2. The number of methoxy groups -OCH3 is 1. The molecule has 1 aliphatic heterocycles. The number of fused-ring (bicyclic) bond motifs is 2. The monoisotopic (exact) mass is 320 g/mol. The fourth-order valence-electron chi connectivity index (χ4n) is 3.74. The molecule has 1 saturated heterocycles. The highest BCUT2D eigenvalue weighted by atomic mass is 32.1. The molecule has 2 atom stereocenters. The van der Waals surface area contributed by atoms with Crippen molar-refractivity contribution in [2.45, 2.75) is 19.3 Å². The molecule has 0 radical (unpaired) electrons. The van der Waals surface area contributed by atoms with Crippen molar-refractivity contribution < 1.29 is 13.9 Å². The fraction of sp³-hybridized carbons (Fsp3) is 0.500. The van der Waals surface area contributed by atoms with Crippen LogP contribution in [0.2, 0.25) is 0 Å². The molecular weight excluding hydrogens is 303 g/mol. The van der Waals surface area contributed by atoms with Gasteiger partial charge in [-0.15, -0.1) is 0 Å². The first-order valence-corrected chi connectivity index (χ1v) is 8.40. The van der Waals surface area contributed by atoms with Crippen LogP contribution in [-0.2, 0) is 4.74 Å². The number of nitrogens with zero attached hydrogens (tertiary/aromatic N) is 2. The number of hydrogen-bond donors (Lipinski definition) is 0. The van der Waals surface area contributed by atoms with E-state index < -0.39 is 11.8 Å². The molecule has 1 unspecified atom stereocenters. The van der Waals surface area contributed by atoms with Crippen LogP contribution in [0.1, 0.15) is 29.6 Å². The molecule has 1 saturated carbocycles. The number of hydrogen-bond acceptors (Lipinski definition) is 5. The number of ether oxygens (including phenoxy) is 1. The smallest absolute Gasteiger partial charge is 0.338 e. The zero-order valence-electron chi connectivity index (χ0n) is 12.3. The predicted molar refractivity (Wildman–Crippen MR) is 84.0 cm³/mol. The van der Waals surface area contributed by atoms with Crippen molar-refractivity contribution in [1.29, 1.82) is 0 Å². The summed E-state index contributed by atoms with van der Waals surface area (Å²) in [7, 11) is 1.30. The molecule has 6 heteroatoms. The molecule has 2 aromatic rings. The van der Waals surface area contributed by atoms with Crippen molar-refractivity contribution in [3.05, 3.63) is 23.5 Å². The highest BCUT2D eigenvalue weighted by Gasteiger charge is 2.37. The van der Waals surface area contributed by atoms with Gasteiger partial charge in [-0.3, -0.25) is 0 Å². The lowest BCUT2D eigenvalue weighted by molar-refractivity contribution is 0.0600. The highest BCUT2D eigenvalue weighted by molar-refractivity contribution is 7.22. The Morgan fingerprint density at radius 1 is 1.36 bits per heavy atom. The first-order valence-electron chi connectivity index (χ1n) is 7.59. The molecule has 0 amide bonds. The maximum absolute atomic E-state index is 14.2. The molecule has 1 aromatic heterocycles. The Bertz CT molecular complexity index is 733. The zero-order chi connectivity index (χ0) is 15.3. The average Bonchev–Trinajstić information content (AvgIpc) is 3.18. The second-order valence-corrected chi connectivity index (χ2v) is 7.16. The van der Waals surface area contributed by atoms with E-state index in [0.717, 1.165) is 30.1 Å². The van der Waals surface area contributed by atoms with Crippen LogP contribution in [0.15, 0.2) is 12.1 Å². The van der Waals surface area contributed by atoms with Gasteiger partial charge in [-0.1, -0.05) is 17.8 Å². The summed E-state index contributed by atoms with van der Waals surface area (Å²) >= 11 is 1.46. The third-order valence-electron chi connectivity index (χ3n) is 4.86. The number of carbonyl (C=O) groups is 1. The lowest BCUT2D eigenvalue weighted by Gasteiger charge is -2.15. The van der Waals surface area contributed by atoms with Crippen LogP contribution in [0.5, 0.6) is 0 Å². The summed E-state index contributed by atoms with van der Waals surface area (Å²) in [5.74, 6) is 0.552. The molecule has 0 N–H and O–H groups in total. The van der Waals surface area contributed by atoms with Crippen molar-refractivity contribution in [3.63, 3.8) is 0 Å². The van der Waals surface area contributed by atoms with Crippen LogP contribution in [-0.4, -0.2) is 31.2 Å². The van der Waals surface area contributed by atoms with Gasteiger partial charge in [-0.05, 0) is 36.8 Å². The topological polar surface area (TPSA) is 42.4 Å². The van der Waals surface area contributed by atoms with E-state index in [1.54, 1.807) is 6.07 Å². The lowest BCUT2D eigenvalue weighted by atomic mass is 10.0. The minimum absolute atomic E-state index is 0.237. The number of benzene rings is 1. The van der Waals surface area contributed by atoms with E-state index in [0.29, 0.717) is 10.2 Å². The molecule has 4 nitrogen and oxygen atoms in total. The second-order valence-electron chi connectivity index (χ2n) is 6.15. The summed E-state index contributed by atoms with van der Waals surface area (Å²) in [6.45, 7) is 2.05. The summed E-state index contributed by atoms with van der Waals surface area (Å²) in [5, 5.41) is 0.866. The van der Waals surface area contributed by atoms with E-state index in [-0.39, 0.29) is 5.56 Å². The number of anilines is 1. The second kappa shape index (κ2) is 5.19. The summed E-state index contributed by atoms with van der Waals surface area (Å²) < 4.78 is 19.6. The van der Waals surface area contributed by atoms with Crippen molar-refractivity contribution in [2.75, 3.05) is 25.1 Å². The van der Waals surface area contributed by atoms with Gasteiger partial charge in [0.1, 0.15) is 5.52 Å². The maximum atomic E-state index is 14.2. The molecule has 2 fully saturated rings. The normalized spacial score (nSPS) is 24.0. The van der Waals surface area contributed by atoms with E-state index in [1.807, 2.05) is 0 Å². The quantitative estimate of drug-likeness (QED) is 0.795. The Morgan fingerprint density at radius 3 is 2.77 bits per heavy atom. The summed E-state index contributed by atoms with van der Waals surface area (Å²) in [4.78, 5) is 18.3. The zero-order valence-corrected chi connectivity index (χ0v) is 13.2. The number of aromatic nitrogens is 1. The minimum Gasteiger partial charge on any atom is -0.465 e. The van der Waals surface area contributed by atoms with Crippen molar-refractivity contribution in [3.8, 4) is 0 Å². The highest BCUT2D eigenvalue weighted by Crippen LogP contribution is 2.41. The van der Waals surface area contributed by atoms with Gasteiger partial charge in [0.2, 0.25) is 0 Å². The van der Waals surface area contributed by atoms with Crippen LogP contribution in [0.3, 0.4) is 0 Å². The Hall–Kier alpha value is -1.69. The molecule has 0 spiro atoms. The molecule has 0 bridgehead atoms. The van der Waals surface area contributed by atoms with E-state index in [2.05, 4.69) is 14.6 Å². The first kappa shape index (κ1) is 13.9. The molecule has 1 aliphatic carbocycles. The van der Waals surface area contributed by atoms with Gasteiger partial charge in [-0.2, -0.15) is 0 Å². The Kier molecular flexibility index (Phi) is 3.29. The Balaban J connectivity index is 1.69. The molecule has 4 rings (SSSR count). The van der Waals surface area contributed by atoms with Gasteiger partial charge in [0.05, 0.1) is 17.4 Å². The third kappa shape index (κ3) is 2.17. The number of carbonyl (C=O) groups excluding carboxylic acids is 1. The molecule has 1 aromatic carbocycles. The predicted octanol–water partition coefficient (Wildman–Crippen LogP) is 3.46. The van der Waals surface area contributed by atoms with Gasteiger partial charge in [0, 0.05) is 13.1 Å². The third-order valence-corrected chi connectivity index (χ3v) is 5.92. The Morgan fingerprint density at radius 2 is 2.09 bits per heavy atom. The van der Waals surface area contributed by atoms with E-state index in [9.17, 15) is 9.18 Å². The summed E-state index contributed by atoms with van der Waals surface area (Å²) in [5.41, 5.74) is 0.589. The number of thiazole rings is 1. The Labute approximate surface area is 131 Å². The van der Waals surface area contributed by atoms with Crippen molar-refractivity contribution in [1.82, 2.24) is 4.98 Å². The molecule has 116 valence electrons. The SMILES string of the molecule is COC(=O)c1cc(F)c2nc(N3CC4CCC[C@H]4C3)sc2c1. The van der Waals surface area contributed by atoms with Crippen LogP contribution >= 0.6 is 11.3 Å². The van der Waals surface area contributed by atoms with Crippen LogP contribution in [0, 0.1) is 17.7 Å². The van der Waals surface area contributed by atoms with Crippen LogP contribution in [0.4, 0.5) is 9.52 Å². The number of halogens is 1. The largest absolute Gasteiger partial charge is 0.465 e. The van der Waals surface area contributed by atoms with Gasteiger partial charge in [0.15, 0.2) is 10.9 Å². The van der Waals surface area contributed by atoms with Gasteiger partial charge < -0.3 is 9.64 Å². The summed E-state index contributed by atoms with van der Waals surface area (Å²) in [6.07, 6.45) is 3.93. The molecular formula is C16H17FN2O2S.